The van der Waals surface area contributed by atoms with Crippen molar-refractivity contribution in [3.8, 4) is 0 Å². The Hall–Kier alpha value is -4.22. The smallest absolute Gasteiger partial charge is 0.269 e. The van der Waals surface area contributed by atoms with E-state index in [1.165, 1.54) is 23.5 Å². The normalized spacial score (nSPS) is 16.4. The molecular weight excluding hydrogens is 637 g/mol. The minimum Gasteiger partial charge on any atom is -0.328 e. The van der Waals surface area contributed by atoms with Gasteiger partial charge in [-0.1, -0.05) is 43.3 Å². The van der Waals surface area contributed by atoms with Gasteiger partial charge in [-0.15, -0.1) is 0 Å². The minimum atomic E-state index is -0.0261. The summed E-state index contributed by atoms with van der Waals surface area (Å²) in [5.41, 5.74) is 14.6. The summed E-state index contributed by atoms with van der Waals surface area (Å²) in [6, 6.07) is 22.0. The van der Waals surface area contributed by atoms with E-state index in [-0.39, 0.29) is 11.1 Å². The van der Waals surface area contributed by atoms with Crippen LogP contribution in [-0.4, -0.2) is 80.3 Å². The van der Waals surface area contributed by atoms with E-state index >= 15 is 0 Å². The fraction of sp³-hybridized carbons (Fsp3) is 0.463. The Bertz CT molecular complexity index is 2010. The van der Waals surface area contributed by atoms with E-state index in [9.17, 15) is 9.59 Å². The van der Waals surface area contributed by atoms with Gasteiger partial charge in [0, 0.05) is 44.8 Å². The summed E-state index contributed by atoms with van der Waals surface area (Å²) in [5, 5.41) is 3.72. The zero-order valence-corrected chi connectivity index (χ0v) is 30.6. The van der Waals surface area contributed by atoms with Crippen molar-refractivity contribution >= 4 is 22.1 Å². The molecule has 3 N–H and O–H groups in total. The maximum Gasteiger partial charge on any atom is 0.269 e. The quantitative estimate of drug-likeness (QED) is 0.218. The van der Waals surface area contributed by atoms with E-state index in [0.29, 0.717) is 25.2 Å². The molecule has 10 nitrogen and oxygen atoms in total. The van der Waals surface area contributed by atoms with Crippen LogP contribution in [0, 0.1) is 13.8 Å². The molecule has 270 valence electrons. The first-order valence-electron chi connectivity index (χ1n) is 18.7. The number of aryl methyl sites for hydroxylation is 3. The number of nitrogens with two attached hydrogens (primary N) is 1. The number of rotatable bonds is 10. The molecule has 0 aliphatic carbocycles. The van der Waals surface area contributed by atoms with Crippen molar-refractivity contribution in [3.05, 3.63) is 116 Å². The Morgan fingerprint density at radius 1 is 0.667 bits per heavy atom. The number of hydrogen-bond donors (Lipinski definition) is 2. The third-order valence-electron chi connectivity index (χ3n) is 10.5. The van der Waals surface area contributed by atoms with Gasteiger partial charge in [-0.2, -0.15) is 0 Å². The number of aromatic nitrogens is 4. The van der Waals surface area contributed by atoms with Crippen LogP contribution in [0.3, 0.4) is 0 Å². The molecule has 51 heavy (non-hydrogen) atoms. The average Bonchev–Trinajstić information content (AvgIpc) is 3.15. The number of nitrogens with zero attached hydrogens (tertiary/aromatic N) is 6. The van der Waals surface area contributed by atoms with Crippen LogP contribution in [0.5, 0.6) is 0 Å². The predicted octanol–water partition coefficient (Wildman–Crippen LogP) is 4.65. The third kappa shape index (κ3) is 9.77. The summed E-state index contributed by atoms with van der Waals surface area (Å²) in [7, 11) is 0. The number of fused-ring (bicyclic) bond motifs is 2. The van der Waals surface area contributed by atoms with Crippen LogP contribution in [-0.2, 0) is 26.1 Å². The van der Waals surface area contributed by atoms with Crippen LogP contribution in [0.25, 0.3) is 22.1 Å². The van der Waals surface area contributed by atoms with E-state index in [1.54, 1.807) is 0 Å². The van der Waals surface area contributed by atoms with Gasteiger partial charge in [0.05, 0.1) is 34.5 Å². The van der Waals surface area contributed by atoms with Gasteiger partial charge >= 0.3 is 0 Å². The highest BCUT2D eigenvalue weighted by Crippen LogP contribution is 2.16. The van der Waals surface area contributed by atoms with Crippen molar-refractivity contribution in [2.45, 2.75) is 84.6 Å². The topological polar surface area (TPSA) is 114 Å². The summed E-state index contributed by atoms with van der Waals surface area (Å²) < 4.78 is 3.71. The Morgan fingerprint density at radius 2 is 1.14 bits per heavy atom. The second-order valence-corrected chi connectivity index (χ2v) is 14.3. The summed E-state index contributed by atoms with van der Waals surface area (Å²) >= 11 is 0. The summed E-state index contributed by atoms with van der Waals surface area (Å²) in [6.45, 7) is 14.6. The molecule has 10 heteroatoms. The summed E-state index contributed by atoms with van der Waals surface area (Å²) in [4.78, 5) is 37.9. The van der Waals surface area contributed by atoms with Gasteiger partial charge in [-0.3, -0.25) is 9.59 Å². The molecule has 4 heterocycles. The number of piperidine rings is 2. The molecule has 5 aromatic rings. The van der Waals surface area contributed by atoms with E-state index in [0.717, 1.165) is 111 Å². The van der Waals surface area contributed by atoms with Gasteiger partial charge in [0.2, 0.25) is 0 Å². The lowest BCUT2D eigenvalue weighted by Gasteiger charge is -2.32. The van der Waals surface area contributed by atoms with Crippen molar-refractivity contribution in [2.24, 2.45) is 5.73 Å². The van der Waals surface area contributed by atoms with Crippen LogP contribution >= 0.6 is 0 Å². The number of nitrogens with one attached hydrogen (secondary N) is 1. The maximum atomic E-state index is 12.4. The van der Waals surface area contributed by atoms with Crippen LogP contribution < -0.4 is 22.2 Å². The van der Waals surface area contributed by atoms with Gasteiger partial charge in [0.1, 0.15) is 0 Å². The van der Waals surface area contributed by atoms with Gasteiger partial charge in [0.25, 0.3) is 11.1 Å². The van der Waals surface area contributed by atoms with Crippen molar-refractivity contribution < 1.29 is 0 Å². The molecule has 7 rings (SSSR count). The van der Waals surface area contributed by atoms with Gasteiger partial charge in [-0.05, 0) is 119 Å². The highest BCUT2D eigenvalue weighted by atomic mass is 16.1. The second-order valence-electron chi connectivity index (χ2n) is 14.3. The average molecular weight is 691 g/mol. The monoisotopic (exact) mass is 690 g/mol. The van der Waals surface area contributed by atoms with E-state index in [1.807, 2.05) is 46.4 Å². The first-order valence-corrected chi connectivity index (χ1v) is 18.7. The number of hydrogen-bond acceptors (Lipinski definition) is 8. The molecule has 2 fully saturated rings. The predicted molar refractivity (Wildman–Crippen MR) is 207 cm³/mol. The zero-order chi connectivity index (χ0) is 35.7. The highest BCUT2D eigenvalue weighted by molar-refractivity contribution is 5.76. The molecule has 0 atom stereocenters. The zero-order valence-electron chi connectivity index (χ0n) is 30.6. The lowest BCUT2D eigenvalue weighted by atomic mass is 10.0. The van der Waals surface area contributed by atoms with Crippen LogP contribution in [0.4, 0.5) is 0 Å². The number of benzene rings is 3. The van der Waals surface area contributed by atoms with Crippen LogP contribution in [0.15, 0.2) is 82.6 Å². The van der Waals surface area contributed by atoms with Crippen LogP contribution in [0.2, 0.25) is 0 Å². The molecule has 0 spiro atoms. The molecule has 2 aliphatic rings. The molecular formula is C41H54N8O2. The standard InChI is InChI=1S/C25H32N4O.C16H22N4O/c1-3-20-5-7-21(8-6-20)17-26-22-10-12-28(13-11-22)14-15-29-24-16-19(2)4-9-23(24)27-18-25(29)30;1-12-2-3-14-15(10-12)20(16(21)11-18-14)9-8-19-6-4-13(17)5-7-19/h4-9,16,18,22,26H,3,10-15,17H2,1-2H3;2-3,10-11,13H,4-9,17H2,1H3. The first-order chi connectivity index (χ1) is 24.7. The second kappa shape index (κ2) is 17.3. The lowest BCUT2D eigenvalue weighted by molar-refractivity contribution is 0.191. The first kappa shape index (κ1) is 36.6. The highest BCUT2D eigenvalue weighted by Gasteiger charge is 2.19. The summed E-state index contributed by atoms with van der Waals surface area (Å²) in [6.07, 6.45) is 8.35. The molecule has 2 saturated heterocycles. The van der Waals surface area contributed by atoms with Crippen molar-refractivity contribution in [1.29, 1.82) is 0 Å². The number of likely N-dealkylation sites (tertiary alicyclic amines) is 2. The Balaban J connectivity index is 0.000000187. The largest absolute Gasteiger partial charge is 0.328 e. The summed E-state index contributed by atoms with van der Waals surface area (Å²) in [5.74, 6) is 0. The van der Waals surface area contributed by atoms with Gasteiger partial charge < -0.3 is 30.0 Å². The molecule has 3 aromatic carbocycles. The Labute approximate surface area is 301 Å². The molecule has 0 radical (unpaired) electrons. The molecule has 0 saturated carbocycles. The van der Waals surface area contributed by atoms with E-state index in [2.05, 4.69) is 69.3 Å². The van der Waals surface area contributed by atoms with Crippen molar-refractivity contribution in [2.75, 3.05) is 39.3 Å². The fourth-order valence-electron chi connectivity index (χ4n) is 7.18. The Morgan fingerprint density at radius 3 is 1.63 bits per heavy atom. The third-order valence-corrected chi connectivity index (χ3v) is 10.5. The van der Waals surface area contributed by atoms with Gasteiger partial charge in [-0.25, -0.2) is 9.97 Å². The van der Waals surface area contributed by atoms with Gasteiger partial charge in [0.15, 0.2) is 0 Å². The molecule has 2 aliphatic heterocycles. The molecule has 2 aromatic heterocycles. The Kier molecular flexibility index (Phi) is 12.4. The maximum absolute atomic E-state index is 12.4. The molecule has 0 bridgehead atoms. The fourth-order valence-corrected chi connectivity index (χ4v) is 7.18. The van der Waals surface area contributed by atoms with Crippen LogP contribution in [0.1, 0.15) is 54.9 Å². The minimum absolute atomic E-state index is 0.0151. The SMILES string of the molecule is CCc1ccc(CNC2CCN(CCn3c(=O)cnc4ccc(C)cc43)CC2)cc1.Cc1ccc2ncc(=O)n(CCN3CCC(N)CC3)c2c1. The van der Waals surface area contributed by atoms with Crippen molar-refractivity contribution in [3.63, 3.8) is 0 Å². The molecule has 0 unspecified atom stereocenters. The van der Waals surface area contributed by atoms with E-state index in [4.69, 9.17) is 5.73 Å². The lowest BCUT2D eigenvalue weighted by Crippen LogP contribution is -2.43. The van der Waals surface area contributed by atoms with E-state index < -0.39 is 0 Å². The molecule has 0 amide bonds. The van der Waals surface area contributed by atoms with Crippen molar-refractivity contribution in [1.82, 2.24) is 34.2 Å².